The van der Waals surface area contributed by atoms with E-state index in [9.17, 15) is 8.42 Å². The predicted octanol–water partition coefficient (Wildman–Crippen LogP) is 33.5. The first-order valence-corrected chi connectivity index (χ1v) is 15.4. The van der Waals surface area contributed by atoms with E-state index in [2.05, 4.69) is 77.5 Å². The van der Waals surface area contributed by atoms with Gasteiger partial charge in [0.05, 0.1) is 10.6 Å². The molecule has 4 rings (SSSR count). The minimum absolute atomic E-state index is 0. The third-order valence-corrected chi connectivity index (χ3v) is 12.0. The molecule has 0 aliphatic carbocycles. The highest BCUT2D eigenvalue weighted by atomic mass is 32.2. The molecule has 0 bridgehead atoms. The largest absolute Gasteiger partial charge is 0.361 e. The zero-order valence-corrected chi connectivity index (χ0v) is 25.4. The van der Waals surface area contributed by atoms with Crippen LogP contribution in [0.3, 0.4) is 0 Å². The van der Waals surface area contributed by atoms with Gasteiger partial charge in [-0.3, -0.25) is 4.90 Å². The number of fused-ring (bicyclic) bond motifs is 1. The fraction of sp³-hybridized carbons (Fsp3) is 0.562. The van der Waals surface area contributed by atoms with Crippen molar-refractivity contribution >= 4 is 20.7 Å². The molecule has 1 atom stereocenters. The van der Waals surface area contributed by atoms with E-state index in [0.717, 1.165) is 40.9 Å². The van der Waals surface area contributed by atoms with Crippen molar-refractivity contribution in [2.24, 2.45) is 5.41 Å². The summed E-state index contributed by atoms with van der Waals surface area (Å²) in [6, 6.07) is 7.67. The zero-order chi connectivity index (χ0) is 27.6. The summed E-state index contributed by atoms with van der Waals surface area (Å²) in [5.41, 5.74) is 8.12. The average Bonchev–Trinajstić information content (AvgIpc) is 3.34. The monoisotopic (exact) mass is 738 g/mol. The number of benzene rings is 2. The van der Waals surface area contributed by atoms with Crippen LogP contribution in [0.1, 0.15) is 234 Å². The van der Waals surface area contributed by atoms with Gasteiger partial charge in [0.1, 0.15) is 0 Å². The van der Waals surface area contributed by atoms with Crippen molar-refractivity contribution in [2.45, 2.75) is 97.9 Å². The molecular formula is C32H260N2O2S. The van der Waals surface area contributed by atoms with Crippen LogP contribution >= 0.6 is 0 Å². The number of aromatic amines is 1. The summed E-state index contributed by atoms with van der Waals surface area (Å²) in [7, 11) is -3.37. The molecule has 1 saturated heterocycles. The predicted molar refractivity (Wildman–Crippen MR) is 383 cm³/mol. The second-order valence-corrected chi connectivity index (χ2v) is 14.8. The molecule has 0 radical (unpaired) electrons. The second kappa shape index (κ2) is 9.27. The van der Waals surface area contributed by atoms with Crippen molar-refractivity contribution in [3.63, 3.8) is 0 Å². The molecule has 0 spiro atoms. The molecule has 3 aromatic rings. The lowest BCUT2D eigenvalue weighted by molar-refractivity contribution is 0.0100. The number of rotatable bonds is 7. The first kappa shape index (κ1) is 27.9. The molecule has 0 saturated carbocycles. The van der Waals surface area contributed by atoms with E-state index in [4.69, 9.17) is 0 Å². The second-order valence-electron chi connectivity index (χ2n) is 12.6. The molecule has 1 aliphatic rings. The lowest BCUT2D eigenvalue weighted by atomic mass is 9.57. The Kier molecular flexibility index (Phi) is 6.99. The van der Waals surface area contributed by atoms with Crippen LogP contribution in [0.2, 0.25) is 0 Å². The van der Waals surface area contributed by atoms with Crippen molar-refractivity contribution in [2.75, 3.05) is 18.8 Å². The van der Waals surface area contributed by atoms with Crippen LogP contribution in [0.4, 0.5) is 0 Å². The topological polar surface area (TPSA) is 53.2 Å². The Morgan fingerprint density at radius 2 is 1.70 bits per heavy atom. The van der Waals surface area contributed by atoms with E-state index in [0.29, 0.717) is 11.3 Å². The van der Waals surface area contributed by atoms with Crippen molar-refractivity contribution in [1.82, 2.24) is 9.88 Å². The van der Waals surface area contributed by atoms with Gasteiger partial charge in [-0.15, -0.1) is 0 Å². The van der Waals surface area contributed by atoms with Crippen LogP contribution in [0.5, 0.6) is 0 Å². The third-order valence-electron chi connectivity index (χ3n) is 10.3. The maximum atomic E-state index is 13.3. The van der Waals surface area contributed by atoms with Gasteiger partial charge in [-0.05, 0) is 118 Å². The van der Waals surface area contributed by atoms with Gasteiger partial charge in [-0.2, -0.15) is 0 Å². The molecule has 0 unspecified atom stereocenters. The quantitative estimate of drug-likeness (QED) is 0.263. The van der Waals surface area contributed by atoms with Gasteiger partial charge in [-0.25, -0.2) is 8.42 Å². The Morgan fingerprint density at radius 3 is 2.32 bits per heavy atom. The van der Waals surface area contributed by atoms with Gasteiger partial charge in [0, 0.05) is 181 Å². The van der Waals surface area contributed by atoms with E-state index >= 15 is 0 Å². The highest BCUT2D eigenvalue weighted by Crippen LogP contribution is 2.56. The minimum Gasteiger partial charge on any atom is -0.361 e. The van der Waals surface area contributed by atoms with Crippen LogP contribution in [0.15, 0.2) is 35.4 Å². The summed E-state index contributed by atoms with van der Waals surface area (Å²) in [6.07, 6.45) is 3.90. The lowest BCUT2D eigenvalue weighted by Gasteiger charge is -2.54. The minimum atomic E-state index is -3.37. The Bertz CT molecular complexity index is 1560. The molecule has 1 N–H and O–H groups in total. The molecule has 1 aromatic heterocycles. The third kappa shape index (κ3) is 4.27. The molecule has 5 heteroatoms. The normalized spacial score (nSPS) is 20.7. The van der Waals surface area contributed by atoms with Gasteiger partial charge in [0.15, 0.2) is 9.84 Å². The highest BCUT2D eigenvalue weighted by Gasteiger charge is 2.59. The van der Waals surface area contributed by atoms with Gasteiger partial charge in [0.25, 0.3) is 0 Å². The summed E-state index contributed by atoms with van der Waals surface area (Å²) >= 11 is 0. The van der Waals surface area contributed by atoms with E-state index < -0.39 is 9.84 Å². The van der Waals surface area contributed by atoms with Crippen LogP contribution in [-0.4, -0.2) is 42.7 Å². The molecular weight excluding hydrogens is 476 g/mol. The van der Waals surface area contributed by atoms with Crippen molar-refractivity contribution in [1.29, 1.82) is 0 Å². The number of hydrogen-bond acceptors (Lipinski definition) is 3. The standard InChI is InChI=1S/C32H46N2O2S.107H2/c1-11-34-16-15-30(6,7)32(34,10)31(8,9)27-20-33-28-19-23(4)26(24(5)29(27)28)14-17-37(35,36)25-13-12-21(2)22(3)18-25;;;;;;;;;;;;;;;;;;;;;;;;;;;;;;;;;;;;;;;;;;;;;;;;;;;;;;;;;;;;;;;;;;;;;;;;;;;;;;;;;;;;;;;;;;;;;;;;;;;;;;;;;;;/h12-13,18-20,33H,11,14-17H2,1-10H3;107*1H/t32-;;;;;;;;;;;;;;;;;;;;;;;;;;;;;;;;;;;;;;;;;;;;;;;;;;;;;;;;;;;;;;;;;;;;;;;;;;;;;;;;;;;;;;;;;;;;;;;;;;;;;;;;;;;/m1.........................................................................................................../s1. The first-order valence-electron chi connectivity index (χ1n) is 13.7. The molecule has 1 fully saturated rings. The number of likely N-dealkylation sites (N-methyl/N-ethyl adjacent to an activating group) is 1. The average molecular weight is 739 g/mol. The number of H-pyrrole nitrogens is 1. The first-order chi connectivity index (χ1) is 17.1. The molecule has 1 aliphatic heterocycles. The SMILES string of the molecule is CCN1CCC(C)(C)[C@]1(C)C(C)(C)c1c[nH]c2cc(C)c(CCS(=O)(=O)c3ccc(C)c(C)c3)c(C)c12.[HH].[HH].[HH].[HH].[HH].[HH].[HH].[HH].[HH].[HH].[HH].[HH].[HH].[HH].[HH].[HH].[HH].[HH].[HH].[HH].[HH].[HH].[HH].[HH].[HH].[HH].[HH].[HH].[HH].[HH].[HH].[HH].[HH].[HH].[HH].[HH].[HH].[HH].[HH].[HH].[HH].[HH].[HH].[HH].[HH].[HH].[HH].[HH].[HH].[HH].[HH].[HH].[HH].[HH].[HH].[HH].[HH].[HH].[HH].[HH].[HH].[HH].[HH].[HH].[HH].[HH].[HH].[HH].[HH].[HH].[HH].[HH].[HH].[HH].[HH].[HH].[HH].[HH].[HH].[HH].[HH].[HH].[HH].[HH].[HH].[HH].[HH].[HH].[HH].[HH].[HH].[HH].[HH].[HH].[HH].[HH].[HH].[HH].[HH].[HH].[HH].[HH].[HH].[HH].[HH].[HH].[HH]. The van der Waals surface area contributed by atoms with Crippen LogP contribution in [0.25, 0.3) is 10.9 Å². The molecule has 37 heavy (non-hydrogen) atoms. The number of nitrogens with zero attached hydrogens (tertiary/aromatic N) is 1. The fourth-order valence-corrected chi connectivity index (χ4v) is 8.47. The van der Waals surface area contributed by atoms with Crippen molar-refractivity contribution in [3.8, 4) is 0 Å². The number of aromatic nitrogens is 1. The Morgan fingerprint density at radius 1 is 1.03 bits per heavy atom. The lowest BCUT2D eigenvalue weighted by Crippen LogP contribution is -2.61. The Hall–Kier alpha value is -2.11. The molecule has 2 aromatic carbocycles. The van der Waals surface area contributed by atoms with Crippen molar-refractivity contribution in [3.05, 3.63) is 63.8 Å². The molecule has 2 heterocycles. The van der Waals surface area contributed by atoms with E-state index in [1.807, 2.05) is 26.0 Å². The van der Waals surface area contributed by atoms with Gasteiger partial charge >= 0.3 is 0 Å². The smallest absolute Gasteiger partial charge is 0.178 e. The summed E-state index contributed by atoms with van der Waals surface area (Å²) in [4.78, 5) is 6.66. The summed E-state index contributed by atoms with van der Waals surface area (Å²) in [5.74, 6) is 0.111. The number of nitrogens with one attached hydrogen (secondary N) is 1. The maximum Gasteiger partial charge on any atom is 0.178 e. The van der Waals surface area contributed by atoms with Gasteiger partial charge < -0.3 is 4.98 Å². The Labute approximate surface area is 383 Å². The van der Waals surface area contributed by atoms with Crippen molar-refractivity contribution < 1.29 is 161 Å². The fourth-order valence-electron chi connectivity index (χ4n) is 7.13. The molecule has 0 amide bonds. The van der Waals surface area contributed by atoms with Crippen LogP contribution < -0.4 is 0 Å². The highest BCUT2D eigenvalue weighted by molar-refractivity contribution is 7.91. The molecule has 416 valence electrons. The summed E-state index contributed by atoms with van der Waals surface area (Å²) < 4.78 is 26.6. The van der Waals surface area contributed by atoms with E-state index in [1.54, 1.807) is 6.07 Å². The Balaban J connectivity index is -0.00000000147. The number of likely N-dealkylation sites (tertiary alicyclic amines) is 1. The van der Waals surface area contributed by atoms with E-state index in [1.165, 1.54) is 22.9 Å². The maximum absolute atomic E-state index is 13.3. The summed E-state index contributed by atoms with van der Waals surface area (Å²) in [6.45, 7) is 24.8. The molecule has 4 nitrogen and oxygen atoms in total. The van der Waals surface area contributed by atoms with E-state index in [-0.39, 0.29) is 175 Å². The zero-order valence-electron chi connectivity index (χ0n) is 24.6. The van der Waals surface area contributed by atoms with Gasteiger partial charge in [-0.1, -0.05) is 40.7 Å². The summed E-state index contributed by atoms with van der Waals surface area (Å²) in [5, 5.41) is 1.26. The van der Waals surface area contributed by atoms with Crippen LogP contribution in [0, 0.1) is 33.1 Å². The number of sulfone groups is 1. The van der Waals surface area contributed by atoms with Crippen LogP contribution in [-0.2, 0) is 21.7 Å². The van der Waals surface area contributed by atoms with Gasteiger partial charge in [0.2, 0.25) is 0 Å². The number of aryl methyl sites for hydroxylation is 4. The number of hydrogen-bond donors (Lipinski definition) is 1.